The first kappa shape index (κ1) is 33.7. The fraction of sp³-hybridized carbons (Fsp3) is 0.640. The van der Waals surface area contributed by atoms with E-state index in [1.165, 1.54) is 20.8 Å². The number of aromatic nitrogens is 4. The van der Waals surface area contributed by atoms with Crippen molar-refractivity contribution in [2.45, 2.75) is 96.9 Å². The Bertz CT molecular complexity index is 1420. The molecule has 0 aliphatic carbocycles. The van der Waals surface area contributed by atoms with Gasteiger partial charge >= 0.3 is 24.0 Å². The van der Waals surface area contributed by atoms with E-state index in [-0.39, 0.29) is 9.72 Å². The number of fused-ring (bicyclic) bond motifs is 1. The molecule has 0 radical (unpaired) electrons. The molecule has 2 heterocycles. The zero-order valence-electron chi connectivity index (χ0n) is 24.8. The van der Waals surface area contributed by atoms with Gasteiger partial charge < -0.3 is 24.4 Å². The van der Waals surface area contributed by atoms with Gasteiger partial charge in [-0.05, 0) is 68.6 Å². The van der Waals surface area contributed by atoms with Gasteiger partial charge in [-0.3, -0.25) is 9.36 Å². The summed E-state index contributed by atoms with van der Waals surface area (Å²) in [5.41, 5.74) is -6.33. The van der Waals surface area contributed by atoms with Crippen molar-refractivity contribution in [3.63, 3.8) is 0 Å². The molecule has 2 rings (SSSR count). The van der Waals surface area contributed by atoms with Gasteiger partial charge in [0.05, 0.1) is 19.3 Å². The zero-order chi connectivity index (χ0) is 31.7. The van der Waals surface area contributed by atoms with Crippen molar-refractivity contribution in [1.82, 2.24) is 19.1 Å². The predicted octanol–water partition coefficient (Wildman–Crippen LogP) is 2.49. The molecule has 228 valence electrons. The summed E-state index contributed by atoms with van der Waals surface area (Å²) in [6.45, 7) is 12.4. The number of nitrogens with zero attached hydrogens (tertiary/aromatic N) is 5. The van der Waals surface area contributed by atoms with Crippen LogP contribution in [0.1, 0.15) is 62.3 Å². The van der Waals surface area contributed by atoms with Crippen LogP contribution in [0.2, 0.25) is 0 Å². The van der Waals surface area contributed by atoms with Crippen molar-refractivity contribution >= 4 is 46.9 Å². The monoisotopic (exact) mass is 599 g/mol. The van der Waals surface area contributed by atoms with Gasteiger partial charge in [0.1, 0.15) is 22.2 Å². The second-order valence-electron chi connectivity index (χ2n) is 11.9. The third-order valence-corrected chi connectivity index (χ3v) is 5.22. The highest BCUT2D eigenvalue weighted by Gasteiger charge is 2.38. The van der Waals surface area contributed by atoms with Crippen LogP contribution >= 0.6 is 11.8 Å². The molecule has 0 spiro atoms. The number of rotatable bonds is 5. The molecule has 15 nitrogen and oxygen atoms in total. The first-order valence-electron chi connectivity index (χ1n) is 12.5. The van der Waals surface area contributed by atoms with Gasteiger partial charge in [0, 0.05) is 0 Å². The SMILES string of the molecule is CSc1nc(N(C(=O)OC(C)(C)C)C(=O)OC(C)(C)C)c2c(=O)n(C(=O)OC(C)(C)C)c(=O)n(CC(O)CO)c2n1. The van der Waals surface area contributed by atoms with Crippen molar-refractivity contribution in [2.75, 3.05) is 17.8 Å². The number of hydrogen-bond acceptors (Lipinski definition) is 13. The maximum absolute atomic E-state index is 13.8. The lowest BCUT2D eigenvalue weighted by Crippen LogP contribution is -2.49. The van der Waals surface area contributed by atoms with Gasteiger partial charge in [-0.25, -0.2) is 29.1 Å². The molecule has 2 aromatic heterocycles. The summed E-state index contributed by atoms with van der Waals surface area (Å²) in [7, 11) is 0. The van der Waals surface area contributed by atoms with E-state index in [1.807, 2.05) is 0 Å². The van der Waals surface area contributed by atoms with E-state index < -0.39 is 82.4 Å². The predicted molar refractivity (Wildman–Crippen MR) is 150 cm³/mol. The van der Waals surface area contributed by atoms with E-state index in [9.17, 15) is 34.2 Å². The number of imide groups is 1. The molecular formula is C25H37N5O10S. The van der Waals surface area contributed by atoms with Gasteiger partial charge in [0.2, 0.25) is 0 Å². The number of aliphatic hydroxyl groups is 2. The normalized spacial score (nSPS) is 13.1. The molecule has 0 bridgehead atoms. The maximum atomic E-state index is 13.8. The Morgan fingerprint density at radius 2 is 1.39 bits per heavy atom. The van der Waals surface area contributed by atoms with Crippen LogP contribution in [0.15, 0.2) is 14.7 Å². The minimum Gasteiger partial charge on any atom is -0.443 e. The summed E-state index contributed by atoms with van der Waals surface area (Å²) < 4.78 is 16.9. The Morgan fingerprint density at radius 3 is 1.80 bits per heavy atom. The minimum atomic E-state index is -1.52. The molecule has 0 fully saturated rings. The summed E-state index contributed by atoms with van der Waals surface area (Å²) in [5.74, 6) is -0.641. The van der Waals surface area contributed by atoms with E-state index in [2.05, 4.69) is 9.97 Å². The summed E-state index contributed by atoms with van der Waals surface area (Å²) in [5, 5.41) is 18.9. The Labute approximate surface area is 240 Å². The maximum Gasteiger partial charge on any atom is 0.425 e. The van der Waals surface area contributed by atoms with E-state index in [4.69, 9.17) is 14.2 Å². The van der Waals surface area contributed by atoms with E-state index in [0.29, 0.717) is 4.90 Å². The average Bonchev–Trinajstić information content (AvgIpc) is 2.77. The van der Waals surface area contributed by atoms with Gasteiger partial charge in [0.15, 0.2) is 16.6 Å². The molecule has 2 amide bonds. The fourth-order valence-electron chi connectivity index (χ4n) is 3.23. The summed E-state index contributed by atoms with van der Waals surface area (Å²) in [6, 6.07) is 0. The third kappa shape index (κ3) is 8.50. The number of ether oxygens (including phenoxy) is 3. The second kappa shape index (κ2) is 12.2. The van der Waals surface area contributed by atoms with E-state index in [0.717, 1.165) is 16.3 Å². The Morgan fingerprint density at radius 1 is 0.902 bits per heavy atom. The lowest BCUT2D eigenvalue weighted by atomic mass is 10.2. The fourth-order valence-corrected chi connectivity index (χ4v) is 3.59. The van der Waals surface area contributed by atoms with Crippen LogP contribution in [0.5, 0.6) is 0 Å². The highest BCUT2D eigenvalue weighted by atomic mass is 32.2. The first-order chi connectivity index (χ1) is 18.6. The molecule has 0 saturated carbocycles. The van der Waals surface area contributed by atoms with Gasteiger partial charge in [-0.2, -0.15) is 9.47 Å². The number of carbonyl (C=O) groups excluding carboxylic acids is 3. The number of amides is 2. The van der Waals surface area contributed by atoms with Gasteiger partial charge in [-0.1, -0.05) is 11.8 Å². The molecule has 1 atom stereocenters. The molecule has 0 saturated heterocycles. The van der Waals surface area contributed by atoms with Crippen molar-refractivity contribution in [2.24, 2.45) is 0 Å². The number of hydrogen-bond donors (Lipinski definition) is 2. The van der Waals surface area contributed by atoms with Gasteiger partial charge in [0.25, 0.3) is 5.56 Å². The zero-order valence-corrected chi connectivity index (χ0v) is 25.6. The third-order valence-electron chi connectivity index (χ3n) is 4.67. The lowest BCUT2D eigenvalue weighted by Gasteiger charge is -2.28. The Balaban J connectivity index is 3.16. The number of carbonyl (C=O) groups is 3. The Kier molecular flexibility index (Phi) is 10.00. The molecule has 2 aromatic rings. The largest absolute Gasteiger partial charge is 0.443 e. The number of aliphatic hydroxyl groups excluding tert-OH is 2. The average molecular weight is 600 g/mol. The molecule has 1 unspecified atom stereocenters. The lowest BCUT2D eigenvalue weighted by molar-refractivity contribution is 0.0427. The molecular weight excluding hydrogens is 562 g/mol. The molecule has 16 heteroatoms. The molecule has 0 aliphatic rings. The van der Waals surface area contributed by atoms with Crippen LogP contribution < -0.4 is 16.1 Å². The van der Waals surface area contributed by atoms with Crippen LogP contribution in [-0.4, -0.2) is 83.4 Å². The van der Waals surface area contributed by atoms with Crippen molar-refractivity contribution in [3.8, 4) is 0 Å². The van der Waals surface area contributed by atoms with Crippen LogP contribution in [-0.2, 0) is 20.8 Å². The van der Waals surface area contributed by atoms with Gasteiger partial charge in [-0.15, -0.1) is 0 Å². The smallest absolute Gasteiger partial charge is 0.425 e. The van der Waals surface area contributed by atoms with Crippen LogP contribution in [0.25, 0.3) is 11.0 Å². The summed E-state index contributed by atoms with van der Waals surface area (Å²) in [6.07, 6.45) is -3.87. The molecule has 2 N–H and O–H groups in total. The Hall–Kier alpha value is -3.50. The van der Waals surface area contributed by atoms with Crippen LogP contribution in [0.4, 0.5) is 20.2 Å². The van der Waals surface area contributed by atoms with Crippen LogP contribution in [0.3, 0.4) is 0 Å². The molecule has 0 aliphatic heterocycles. The highest BCUT2D eigenvalue weighted by Crippen LogP contribution is 2.27. The highest BCUT2D eigenvalue weighted by molar-refractivity contribution is 7.98. The quantitative estimate of drug-likeness (QED) is 0.289. The standard InChI is InChI=1S/C25H37N5O10S/c1-23(2,3)38-20(35)29(21(36)39-24(4,5)6)16-14-15(26-18(27-16)41-10)28(11-13(32)12-31)19(34)30(17(14)33)22(37)40-25(7,8)9/h13,31-32H,11-12H2,1-10H3. The van der Waals surface area contributed by atoms with Crippen molar-refractivity contribution in [1.29, 1.82) is 0 Å². The summed E-state index contributed by atoms with van der Waals surface area (Å²) in [4.78, 5) is 76.0. The second-order valence-corrected chi connectivity index (χ2v) is 12.7. The van der Waals surface area contributed by atoms with Crippen molar-refractivity contribution in [3.05, 3.63) is 20.8 Å². The summed E-state index contributed by atoms with van der Waals surface area (Å²) >= 11 is 0.948. The topological polar surface area (TPSA) is 192 Å². The van der Waals surface area contributed by atoms with E-state index in [1.54, 1.807) is 47.8 Å². The van der Waals surface area contributed by atoms with E-state index >= 15 is 0 Å². The molecule has 0 aromatic carbocycles. The minimum absolute atomic E-state index is 0.0920. The first-order valence-corrected chi connectivity index (χ1v) is 13.7. The van der Waals surface area contributed by atoms with Crippen LogP contribution in [0, 0.1) is 0 Å². The molecule has 41 heavy (non-hydrogen) atoms. The number of thioether (sulfide) groups is 1. The van der Waals surface area contributed by atoms with Crippen molar-refractivity contribution < 1.29 is 38.8 Å². The number of anilines is 1.